The normalized spacial score (nSPS) is 8.60. The second-order valence-corrected chi connectivity index (χ2v) is 2.50. The molecule has 0 N–H and O–H groups in total. The summed E-state index contributed by atoms with van der Waals surface area (Å²) in [5.41, 5.74) is 2.36. The van der Waals surface area contributed by atoms with Crippen molar-refractivity contribution < 1.29 is 0 Å². The van der Waals surface area contributed by atoms with Gasteiger partial charge in [-0.2, -0.15) is 0 Å². The number of alkyl halides is 1. The van der Waals surface area contributed by atoms with E-state index >= 15 is 0 Å². The van der Waals surface area contributed by atoms with Gasteiger partial charge in [-0.05, 0) is 24.6 Å². The van der Waals surface area contributed by atoms with Gasteiger partial charge in [-0.1, -0.05) is 15.9 Å². The van der Waals surface area contributed by atoms with Crippen LogP contribution in [0.3, 0.4) is 0 Å². The van der Waals surface area contributed by atoms with Gasteiger partial charge in [0, 0.05) is 17.2 Å². The molecule has 1 nitrogen and oxygen atoms in total. The van der Waals surface area contributed by atoms with E-state index in [0.717, 1.165) is 11.0 Å². The molecule has 0 aromatic carbocycles. The molecule has 0 unspecified atom stereocenters. The number of aromatic nitrogens is 1. The van der Waals surface area contributed by atoms with Crippen LogP contribution in [-0.4, -0.2) is 4.98 Å². The number of hydrogen-bond donors (Lipinski definition) is 0. The highest BCUT2D eigenvalue weighted by Crippen LogP contribution is 2.04. The summed E-state index contributed by atoms with van der Waals surface area (Å²) in [5.74, 6) is 0. The second kappa shape index (κ2) is 4.85. The Hall–Kier alpha value is 0.110. The Morgan fingerprint density at radius 2 is 2.30 bits per heavy atom. The zero-order valence-corrected chi connectivity index (χ0v) is 8.97. The maximum Gasteiger partial charge on any atom is 0.0375 e. The molecule has 0 aliphatic rings. The monoisotopic (exact) mass is 265 g/mol. The first-order valence-electron chi connectivity index (χ1n) is 2.80. The Labute approximate surface area is 79.8 Å². The van der Waals surface area contributed by atoms with Crippen molar-refractivity contribution >= 4 is 32.9 Å². The fourth-order valence-corrected chi connectivity index (χ4v) is 1.04. The van der Waals surface area contributed by atoms with Gasteiger partial charge in [-0.15, -0.1) is 17.0 Å². The summed E-state index contributed by atoms with van der Waals surface area (Å²) in [6.45, 7) is 1.99. The standard InChI is InChI=1S/C7H8BrN.BrH/c1-6-4-7(5-8)2-3-9-6;/h2-4H,5H2,1H3;1H. The van der Waals surface area contributed by atoms with Gasteiger partial charge in [0.05, 0.1) is 0 Å². The maximum absolute atomic E-state index is 4.07. The first-order valence-corrected chi connectivity index (χ1v) is 3.92. The first-order chi connectivity index (χ1) is 4.33. The summed E-state index contributed by atoms with van der Waals surface area (Å²) in [4.78, 5) is 4.07. The lowest BCUT2D eigenvalue weighted by atomic mass is 10.3. The zero-order valence-electron chi connectivity index (χ0n) is 5.67. The van der Waals surface area contributed by atoms with Crippen LogP contribution >= 0.6 is 32.9 Å². The van der Waals surface area contributed by atoms with Crippen LogP contribution < -0.4 is 0 Å². The summed E-state index contributed by atoms with van der Waals surface area (Å²) >= 11 is 3.36. The van der Waals surface area contributed by atoms with E-state index in [0.29, 0.717) is 0 Å². The Kier molecular flexibility index (Phi) is 4.91. The lowest BCUT2D eigenvalue weighted by molar-refractivity contribution is 1.17. The van der Waals surface area contributed by atoms with Gasteiger partial charge in [0.25, 0.3) is 0 Å². The molecule has 0 radical (unpaired) electrons. The number of nitrogens with zero attached hydrogens (tertiary/aromatic N) is 1. The molecule has 0 aliphatic heterocycles. The minimum atomic E-state index is 0. The molecule has 0 spiro atoms. The smallest absolute Gasteiger partial charge is 0.0375 e. The Morgan fingerprint density at radius 1 is 1.60 bits per heavy atom. The second-order valence-electron chi connectivity index (χ2n) is 1.94. The van der Waals surface area contributed by atoms with E-state index in [1.807, 2.05) is 19.2 Å². The van der Waals surface area contributed by atoms with Crippen molar-refractivity contribution in [2.75, 3.05) is 0 Å². The number of halogens is 2. The quantitative estimate of drug-likeness (QED) is 0.713. The Bertz CT molecular complexity index is 201. The van der Waals surface area contributed by atoms with Gasteiger partial charge in [0.2, 0.25) is 0 Å². The first kappa shape index (κ1) is 10.1. The van der Waals surface area contributed by atoms with Crippen molar-refractivity contribution in [2.24, 2.45) is 0 Å². The third-order valence-electron chi connectivity index (χ3n) is 1.12. The molecule has 0 aliphatic carbocycles. The maximum atomic E-state index is 4.07. The molecular weight excluding hydrogens is 258 g/mol. The SMILES string of the molecule is Br.Cc1cc(CBr)ccn1. The molecule has 0 amide bonds. The highest BCUT2D eigenvalue weighted by atomic mass is 79.9. The predicted molar refractivity (Wildman–Crippen MR) is 51.9 cm³/mol. The van der Waals surface area contributed by atoms with Crippen LogP contribution in [0.5, 0.6) is 0 Å². The van der Waals surface area contributed by atoms with Crippen LogP contribution in [0.2, 0.25) is 0 Å². The fourth-order valence-electron chi connectivity index (χ4n) is 0.687. The average Bonchev–Trinajstić information content (AvgIpc) is 1.88. The third-order valence-corrected chi connectivity index (χ3v) is 1.76. The van der Waals surface area contributed by atoms with Crippen molar-refractivity contribution in [3.05, 3.63) is 29.6 Å². The molecular formula is C7H9Br2N. The van der Waals surface area contributed by atoms with E-state index in [4.69, 9.17) is 0 Å². The molecule has 0 saturated carbocycles. The molecule has 10 heavy (non-hydrogen) atoms. The number of hydrogen-bond acceptors (Lipinski definition) is 1. The minimum Gasteiger partial charge on any atom is -0.262 e. The van der Waals surface area contributed by atoms with E-state index in [9.17, 15) is 0 Å². The van der Waals surface area contributed by atoms with Crippen LogP contribution in [0.25, 0.3) is 0 Å². The molecule has 0 saturated heterocycles. The van der Waals surface area contributed by atoms with Crippen LogP contribution in [-0.2, 0) is 5.33 Å². The molecule has 0 atom stereocenters. The van der Waals surface area contributed by atoms with Crippen LogP contribution in [0.1, 0.15) is 11.3 Å². The van der Waals surface area contributed by atoms with Crippen molar-refractivity contribution in [2.45, 2.75) is 12.3 Å². The lowest BCUT2D eigenvalue weighted by Gasteiger charge is -1.93. The van der Waals surface area contributed by atoms with E-state index in [1.165, 1.54) is 5.56 Å². The van der Waals surface area contributed by atoms with Gasteiger partial charge in [0.15, 0.2) is 0 Å². The van der Waals surface area contributed by atoms with E-state index in [1.54, 1.807) is 0 Å². The predicted octanol–water partition coefficient (Wildman–Crippen LogP) is 2.86. The molecule has 1 heterocycles. The molecule has 0 fully saturated rings. The minimum absolute atomic E-state index is 0. The van der Waals surface area contributed by atoms with Gasteiger partial charge >= 0.3 is 0 Å². The van der Waals surface area contributed by atoms with Gasteiger partial charge in [0.1, 0.15) is 0 Å². The zero-order chi connectivity index (χ0) is 6.69. The summed E-state index contributed by atoms with van der Waals surface area (Å²) in [5, 5.41) is 0.913. The summed E-state index contributed by atoms with van der Waals surface area (Å²) in [7, 11) is 0. The Balaban J connectivity index is 0.000000810. The topological polar surface area (TPSA) is 12.9 Å². The summed E-state index contributed by atoms with van der Waals surface area (Å²) in [6.07, 6.45) is 1.83. The molecule has 0 bridgehead atoms. The van der Waals surface area contributed by atoms with Crippen molar-refractivity contribution in [1.29, 1.82) is 0 Å². The van der Waals surface area contributed by atoms with Crippen molar-refractivity contribution in [3.8, 4) is 0 Å². The van der Waals surface area contributed by atoms with E-state index in [2.05, 4.69) is 27.0 Å². The molecule has 3 heteroatoms. The largest absolute Gasteiger partial charge is 0.262 e. The van der Waals surface area contributed by atoms with Crippen molar-refractivity contribution in [3.63, 3.8) is 0 Å². The highest BCUT2D eigenvalue weighted by molar-refractivity contribution is 9.08. The lowest BCUT2D eigenvalue weighted by Crippen LogP contribution is -1.81. The number of rotatable bonds is 1. The number of pyridine rings is 1. The highest BCUT2D eigenvalue weighted by Gasteiger charge is 1.87. The fraction of sp³-hybridized carbons (Fsp3) is 0.286. The van der Waals surface area contributed by atoms with Crippen LogP contribution in [0.4, 0.5) is 0 Å². The molecule has 1 aromatic rings. The molecule has 1 aromatic heterocycles. The van der Waals surface area contributed by atoms with Gasteiger partial charge in [-0.25, -0.2) is 0 Å². The third kappa shape index (κ3) is 2.80. The molecule has 1 rings (SSSR count). The van der Waals surface area contributed by atoms with Gasteiger partial charge in [-0.3, -0.25) is 4.98 Å². The van der Waals surface area contributed by atoms with E-state index in [-0.39, 0.29) is 17.0 Å². The summed E-state index contributed by atoms with van der Waals surface area (Å²) < 4.78 is 0. The van der Waals surface area contributed by atoms with Crippen LogP contribution in [0.15, 0.2) is 18.3 Å². The van der Waals surface area contributed by atoms with E-state index < -0.39 is 0 Å². The Morgan fingerprint density at radius 3 is 2.70 bits per heavy atom. The average molecular weight is 267 g/mol. The summed E-state index contributed by atoms with van der Waals surface area (Å²) in [6, 6.07) is 4.07. The number of aryl methyl sites for hydroxylation is 1. The van der Waals surface area contributed by atoms with Gasteiger partial charge < -0.3 is 0 Å². The van der Waals surface area contributed by atoms with Crippen molar-refractivity contribution in [1.82, 2.24) is 4.98 Å². The molecule has 56 valence electrons. The van der Waals surface area contributed by atoms with Crippen LogP contribution in [0, 0.1) is 6.92 Å².